The van der Waals surface area contributed by atoms with Crippen LogP contribution in [-0.2, 0) is 4.79 Å². The summed E-state index contributed by atoms with van der Waals surface area (Å²) in [5.74, 6) is -1.33. The van der Waals surface area contributed by atoms with E-state index in [1.54, 1.807) is 6.20 Å². The van der Waals surface area contributed by atoms with Crippen LogP contribution in [0.5, 0.6) is 0 Å². The lowest BCUT2D eigenvalue weighted by Gasteiger charge is -2.21. The number of hydrogen-bond donors (Lipinski definition) is 2. The molecule has 2 rings (SSSR count). The molecule has 0 aliphatic carbocycles. The zero-order chi connectivity index (χ0) is 13.3. The van der Waals surface area contributed by atoms with Crippen molar-refractivity contribution in [1.82, 2.24) is 9.88 Å². The topological polar surface area (TPSA) is 73.4 Å². The SMILES string of the molecule is CC(C(=O)O)N(C)C(=O)c1c[nH]c2ccccc12. The van der Waals surface area contributed by atoms with Gasteiger partial charge < -0.3 is 15.0 Å². The number of hydrogen-bond acceptors (Lipinski definition) is 2. The highest BCUT2D eigenvalue weighted by atomic mass is 16.4. The Morgan fingerprint density at radius 1 is 1.33 bits per heavy atom. The fourth-order valence-corrected chi connectivity index (χ4v) is 1.78. The lowest BCUT2D eigenvalue weighted by Crippen LogP contribution is -2.40. The number of amides is 1. The first-order valence-electron chi connectivity index (χ1n) is 5.58. The summed E-state index contributed by atoms with van der Waals surface area (Å²) < 4.78 is 0. The van der Waals surface area contributed by atoms with Gasteiger partial charge in [-0.2, -0.15) is 0 Å². The minimum Gasteiger partial charge on any atom is -0.480 e. The highest BCUT2D eigenvalue weighted by Gasteiger charge is 2.24. The smallest absolute Gasteiger partial charge is 0.326 e. The maximum absolute atomic E-state index is 12.2. The molecular weight excluding hydrogens is 232 g/mol. The van der Waals surface area contributed by atoms with E-state index >= 15 is 0 Å². The first kappa shape index (κ1) is 12.2. The largest absolute Gasteiger partial charge is 0.480 e. The molecule has 0 spiro atoms. The standard InChI is InChI=1S/C13H14N2O3/c1-8(13(17)18)15(2)12(16)10-7-14-11-6-4-3-5-9(10)11/h3-8,14H,1-2H3,(H,17,18). The van der Waals surface area contributed by atoms with E-state index in [9.17, 15) is 9.59 Å². The van der Waals surface area contributed by atoms with E-state index in [4.69, 9.17) is 5.11 Å². The van der Waals surface area contributed by atoms with Crippen LogP contribution in [0.3, 0.4) is 0 Å². The Morgan fingerprint density at radius 2 is 2.00 bits per heavy atom. The van der Waals surface area contributed by atoms with Gasteiger partial charge in [0.1, 0.15) is 6.04 Å². The Balaban J connectivity index is 2.37. The maximum Gasteiger partial charge on any atom is 0.326 e. The van der Waals surface area contributed by atoms with E-state index < -0.39 is 12.0 Å². The fourth-order valence-electron chi connectivity index (χ4n) is 1.78. The number of carboxylic acids is 1. The number of aromatic amines is 1. The van der Waals surface area contributed by atoms with Crippen LogP contribution < -0.4 is 0 Å². The highest BCUT2D eigenvalue weighted by Crippen LogP contribution is 2.19. The molecule has 2 aromatic rings. The number of para-hydroxylation sites is 1. The van der Waals surface area contributed by atoms with Crippen LogP contribution in [0.15, 0.2) is 30.5 Å². The number of H-pyrrole nitrogens is 1. The van der Waals surface area contributed by atoms with E-state index in [2.05, 4.69) is 4.98 Å². The number of carboxylic acid groups (broad SMARTS) is 1. The lowest BCUT2D eigenvalue weighted by atomic mass is 10.1. The molecule has 0 aliphatic heterocycles. The second-order valence-electron chi connectivity index (χ2n) is 4.18. The molecule has 0 aliphatic rings. The third kappa shape index (κ3) is 1.95. The van der Waals surface area contributed by atoms with Crippen LogP contribution in [0, 0.1) is 0 Å². The van der Waals surface area contributed by atoms with Crippen LogP contribution in [0.2, 0.25) is 0 Å². The average Bonchev–Trinajstić information content (AvgIpc) is 2.79. The number of likely N-dealkylation sites (N-methyl/N-ethyl adjacent to an activating group) is 1. The van der Waals surface area contributed by atoms with Crippen molar-refractivity contribution in [3.63, 3.8) is 0 Å². The molecule has 1 atom stereocenters. The van der Waals surface area contributed by atoms with Crippen molar-refractivity contribution in [2.24, 2.45) is 0 Å². The Morgan fingerprint density at radius 3 is 2.67 bits per heavy atom. The van der Waals surface area contributed by atoms with Gasteiger partial charge in [0.05, 0.1) is 5.56 Å². The summed E-state index contributed by atoms with van der Waals surface area (Å²) in [5, 5.41) is 9.71. The summed E-state index contributed by atoms with van der Waals surface area (Å²) in [4.78, 5) is 27.3. The van der Waals surface area contributed by atoms with Gasteiger partial charge in [0, 0.05) is 24.1 Å². The molecule has 5 heteroatoms. The molecule has 0 bridgehead atoms. The molecular formula is C13H14N2O3. The minimum atomic E-state index is -1.02. The van der Waals surface area contributed by atoms with Crippen LogP contribution in [0.4, 0.5) is 0 Å². The van der Waals surface area contributed by atoms with Gasteiger partial charge in [0.15, 0.2) is 0 Å². The number of carbonyl (C=O) groups is 2. The molecule has 2 N–H and O–H groups in total. The number of nitrogens with one attached hydrogen (secondary N) is 1. The van der Waals surface area contributed by atoms with Crippen molar-refractivity contribution in [2.45, 2.75) is 13.0 Å². The number of aliphatic carboxylic acids is 1. The quantitative estimate of drug-likeness (QED) is 0.865. The lowest BCUT2D eigenvalue weighted by molar-refractivity contribution is -0.141. The number of rotatable bonds is 3. The first-order chi connectivity index (χ1) is 8.52. The molecule has 18 heavy (non-hydrogen) atoms. The molecule has 0 radical (unpaired) electrons. The molecule has 0 saturated heterocycles. The normalized spacial score (nSPS) is 12.3. The van der Waals surface area contributed by atoms with Crippen molar-refractivity contribution in [1.29, 1.82) is 0 Å². The van der Waals surface area contributed by atoms with E-state index in [1.165, 1.54) is 18.9 Å². The van der Waals surface area contributed by atoms with Gasteiger partial charge in [-0.25, -0.2) is 4.79 Å². The van der Waals surface area contributed by atoms with Gasteiger partial charge in [-0.1, -0.05) is 18.2 Å². The van der Waals surface area contributed by atoms with Gasteiger partial charge in [0.2, 0.25) is 0 Å². The monoisotopic (exact) mass is 246 g/mol. The first-order valence-corrected chi connectivity index (χ1v) is 5.58. The fraction of sp³-hybridized carbons (Fsp3) is 0.231. The highest BCUT2D eigenvalue weighted by molar-refractivity contribution is 6.07. The van der Waals surface area contributed by atoms with Crippen molar-refractivity contribution in [3.05, 3.63) is 36.0 Å². The van der Waals surface area contributed by atoms with Gasteiger partial charge in [0.25, 0.3) is 5.91 Å². The average molecular weight is 246 g/mol. The van der Waals surface area contributed by atoms with Crippen LogP contribution in [0.25, 0.3) is 10.9 Å². The zero-order valence-electron chi connectivity index (χ0n) is 10.2. The molecule has 94 valence electrons. The molecule has 0 fully saturated rings. The molecule has 5 nitrogen and oxygen atoms in total. The third-order valence-electron chi connectivity index (χ3n) is 3.08. The van der Waals surface area contributed by atoms with Crippen molar-refractivity contribution in [3.8, 4) is 0 Å². The predicted octanol–water partition coefficient (Wildman–Crippen LogP) is 1.71. The molecule has 1 unspecified atom stereocenters. The number of aromatic nitrogens is 1. The molecule has 1 heterocycles. The molecule has 1 aromatic carbocycles. The molecule has 0 saturated carbocycles. The minimum absolute atomic E-state index is 0.303. The van der Waals surface area contributed by atoms with E-state index in [0.717, 1.165) is 10.9 Å². The Labute approximate surface area is 104 Å². The summed E-state index contributed by atoms with van der Waals surface area (Å²) >= 11 is 0. The number of carbonyl (C=O) groups excluding carboxylic acids is 1. The van der Waals surface area contributed by atoms with Gasteiger partial charge in [-0.05, 0) is 13.0 Å². The van der Waals surface area contributed by atoms with E-state index in [-0.39, 0.29) is 5.91 Å². The summed E-state index contributed by atoms with van der Waals surface area (Å²) in [6.07, 6.45) is 1.61. The van der Waals surface area contributed by atoms with Crippen LogP contribution >= 0.6 is 0 Å². The van der Waals surface area contributed by atoms with Gasteiger partial charge >= 0.3 is 5.97 Å². The second kappa shape index (κ2) is 4.52. The van der Waals surface area contributed by atoms with Gasteiger partial charge in [-0.15, -0.1) is 0 Å². The van der Waals surface area contributed by atoms with Crippen molar-refractivity contribution < 1.29 is 14.7 Å². The summed E-state index contributed by atoms with van der Waals surface area (Å²) in [6, 6.07) is 6.56. The predicted molar refractivity (Wildman–Crippen MR) is 67.5 cm³/mol. The molecule has 1 aromatic heterocycles. The molecule has 1 amide bonds. The van der Waals surface area contributed by atoms with E-state index in [0.29, 0.717) is 5.56 Å². The maximum atomic E-state index is 12.2. The Kier molecular flexibility index (Phi) is 3.06. The Hall–Kier alpha value is -2.30. The summed E-state index contributed by atoms with van der Waals surface area (Å²) in [7, 11) is 1.49. The summed E-state index contributed by atoms with van der Waals surface area (Å²) in [6.45, 7) is 1.48. The van der Waals surface area contributed by atoms with Crippen LogP contribution in [-0.4, -0.2) is 40.0 Å². The second-order valence-corrected chi connectivity index (χ2v) is 4.18. The number of fused-ring (bicyclic) bond motifs is 1. The van der Waals surface area contributed by atoms with Crippen molar-refractivity contribution >= 4 is 22.8 Å². The van der Waals surface area contributed by atoms with E-state index in [1.807, 2.05) is 24.3 Å². The number of benzene rings is 1. The zero-order valence-corrected chi connectivity index (χ0v) is 10.2. The number of nitrogens with zero attached hydrogens (tertiary/aromatic N) is 1. The summed E-state index contributed by atoms with van der Waals surface area (Å²) in [5.41, 5.74) is 1.35. The van der Waals surface area contributed by atoms with Crippen LogP contribution in [0.1, 0.15) is 17.3 Å². The Bertz CT molecular complexity index is 603. The third-order valence-corrected chi connectivity index (χ3v) is 3.08. The van der Waals surface area contributed by atoms with Crippen molar-refractivity contribution in [2.75, 3.05) is 7.05 Å². The van der Waals surface area contributed by atoms with Gasteiger partial charge in [-0.3, -0.25) is 4.79 Å².